The highest BCUT2D eigenvalue weighted by atomic mass is 16.5. The summed E-state index contributed by atoms with van der Waals surface area (Å²) >= 11 is 0. The molecule has 0 saturated heterocycles. The number of carbonyl (C=O) groups excluding carboxylic acids is 1. The maximum atomic E-state index is 10.9. The van der Waals surface area contributed by atoms with E-state index in [9.17, 15) is 4.79 Å². The first kappa shape index (κ1) is 19.9. The van der Waals surface area contributed by atoms with Gasteiger partial charge in [-0.15, -0.1) is 0 Å². The maximum Gasteiger partial charge on any atom is 0.241 e. The van der Waals surface area contributed by atoms with Gasteiger partial charge in [0, 0.05) is 24.0 Å². The zero-order chi connectivity index (χ0) is 21.5. The largest absolute Gasteiger partial charge is 0.457 e. The lowest BCUT2D eigenvalue weighted by atomic mass is 10.0. The molecule has 2 N–H and O–H groups in total. The molecule has 0 saturated carbocycles. The van der Waals surface area contributed by atoms with Gasteiger partial charge in [-0.1, -0.05) is 42.5 Å². The van der Waals surface area contributed by atoms with Gasteiger partial charge in [0.1, 0.15) is 23.0 Å². The Morgan fingerprint density at radius 3 is 2.10 bits per heavy atom. The van der Waals surface area contributed by atoms with Crippen LogP contribution < -0.4 is 15.2 Å². The maximum absolute atomic E-state index is 10.9. The molecule has 0 unspecified atom stereocenters. The normalized spacial score (nSPS) is 10.7. The molecule has 0 radical (unpaired) electrons. The summed E-state index contributed by atoms with van der Waals surface area (Å²) in [4.78, 5) is 15.1. The molecular formula is C26H20N2O3. The van der Waals surface area contributed by atoms with Gasteiger partial charge < -0.3 is 15.2 Å². The zero-order valence-electron chi connectivity index (χ0n) is 16.6. The number of nitrogens with zero attached hydrogens (tertiary/aromatic N) is 1. The lowest BCUT2D eigenvalue weighted by molar-refractivity contribution is -0.113. The molecule has 0 aliphatic heterocycles. The molecule has 1 amide bonds. The van der Waals surface area contributed by atoms with Crippen LogP contribution in [0.25, 0.3) is 17.2 Å². The second kappa shape index (κ2) is 9.41. The van der Waals surface area contributed by atoms with Crippen molar-refractivity contribution in [2.75, 3.05) is 0 Å². The van der Waals surface area contributed by atoms with Gasteiger partial charge in [0.05, 0.1) is 0 Å². The van der Waals surface area contributed by atoms with Crippen molar-refractivity contribution in [3.05, 3.63) is 109 Å². The van der Waals surface area contributed by atoms with Crippen LogP contribution in [0.5, 0.6) is 23.0 Å². The highest BCUT2D eigenvalue weighted by Gasteiger charge is 2.08. The third-order valence-corrected chi connectivity index (χ3v) is 4.47. The van der Waals surface area contributed by atoms with Crippen LogP contribution in [0.1, 0.15) is 5.56 Å². The van der Waals surface area contributed by atoms with E-state index in [1.54, 1.807) is 18.5 Å². The molecular weight excluding hydrogens is 388 g/mol. The Morgan fingerprint density at radius 2 is 1.42 bits per heavy atom. The quantitative estimate of drug-likeness (QED) is 0.390. The number of rotatable bonds is 7. The number of hydrogen-bond donors (Lipinski definition) is 1. The molecule has 0 fully saturated rings. The van der Waals surface area contributed by atoms with Gasteiger partial charge in [-0.2, -0.15) is 0 Å². The van der Waals surface area contributed by atoms with Gasteiger partial charge in [0.2, 0.25) is 5.91 Å². The van der Waals surface area contributed by atoms with Crippen molar-refractivity contribution in [3.8, 4) is 34.1 Å². The van der Waals surface area contributed by atoms with E-state index < -0.39 is 5.91 Å². The second-order valence-corrected chi connectivity index (χ2v) is 6.72. The van der Waals surface area contributed by atoms with Crippen molar-refractivity contribution in [1.29, 1.82) is 0 Å². The number of amides is 1. The average molecular weight is 408 g/mol. The summed E-state index contributed by atoms with van der Waals surface area (Å²) in [6.45, 7) is 0. The molecule has 0 spiro atoms. The van der Waals surface area contributed by atoms with Gasteiger partial charge in [-0.05, 0) is 59.7 Å². The Balaban J connectivity index is 1.50. The summed E-state index contributed by atoms with van der Waals surface area (Å²) in [5, 5.41) is 0. The number of hydrogen-bond acceptors (Lipinski definition) is 4. The van der Waals surface area contributed by atoms with Crippen LogP contribution in [0.4, 0.5) is 0 Å². The summed E-state index contributed by atoms with van der Waals surface area (Å²) in [6, 6.07) is 26.6. The number of para-hydroxylation sites is 1. The van der Waals surface area contributed by atoms with Crippen LogP contribution in [0.2, 0.25) is 0 Å². The first-order valence-corrected chi connectivity index (χ1v) is 9.70. The van der Waals surface area contributed by atoms with Crippen LogP contribution in [-0.4, -0.2) is 10.9 Å². The van der Waals surface area contributed by atoms with E-state index in [2.05, 4.69) is 4.98 Å². The zero-order valence-corrected chi connectivity index (χ0v) is 16.6. The first-order chi connectivity index (χ1) is 15.2. The van der Waals surface area contributed by atoms with Crippen LogP contribution in [0.3, 0.4) is 0 Å². The van der Waals surface area contributed by atoms with E-state index in [4.69, 9.17) is 15.2 Å². The van der Waals surface area contributed by atoms with Crippen molar-refractivity contribution in [1.82, 2.24) is 4.98 Å². The lowest BCUT2D eigenvalue weighted by Gasteiger charge is -2.12. The molecule has 0 bridgehead atoms. The number of primary amides is 1. The molecule has 0 atom stereocenters. The lowest BCUT2D eigenvalue weighted by Crippen LogP contribution is -2.04. The number of ether oxygens (including phenoxy) is 2. The number of pyridine rings is 1. The van der Waals surface area contributed by atoms with Gasteiger partial charge in [-0.25, -0.2) is 0 Å². The summed E-state index contributed by atoms with van der Waals surface area (Å²) in [5.74, 6) is 2.41. The van der Waals surface area contributed by atoms with Crippen LogP contribution in [0, 0.1) is 0 Å². The van der Waals surface area contributed by atoms with Crippen LogP contribution in [0.15, 0.2) is 103 Å². The van der Waals surface area contributed by atoms with Crippen LogP contribution in [-0.2, 0) is 4.79 Å². The Labute approximate surface area is 180 Å². The molecule has 0 aliphatic rings. The number of benzene rings is 3. The third-order valence-electron chi connectivity index (χ3n) is 4.47. The summed E-state index contributed by atoms with van der Waals surface area (Å²) in [7, 11) is 0. The molecule has 5 nitrogen and oxygen atoms in total. The van der Waals surface area contributed by atoms with Crippen LogP contribution >= 0.6 is 0 Å². The van der Waals surface area contributed by atoms with Gasteiger partial charge in [0.25, 0.3) is 0 Å². The van der Waals surface area contributed by atoms with E-state index in [1.165, 1.54) is 6.08 Å². The Kier molecular flexibility index (Phi) is 6.05. The molecule has 152 valence electrons. The Hall–Kier alpha value is -4.38. The highest BCUT2D eigenvalue weighted by molar-refractivity contribution is 5.90. The minimum absolute atomic E-state index is 0.479. The summed E-state index contributed by atoms with van der Waals surface area (Å²) in [6.07, 6.45) is 6.46. The second-order valence-electron chi connectivity index (χ2n) is 6.72. The SMILES string of the molecule is NC(=O)C=Cc1ccc(-c2cnccc2Oc2ccc(Oc3ccccc3)cc2)cc1. The Morgan fingerprint density at radius 1 is 0.774 bits per heavy atom. The summed E-state index contributed by atoms with van der Waals surface area (Å²) in [5.41, 5.74) is 7.83. The Bertz CT molecular complexity index is 1190. The molecule has 4 rings (SSSR count). The van der Waals surface area contributed by atoms with E-state index in [1.807, 2.05) is 84.9 Å². The molecule has 4 aromatic rings. The van der Waals surface area contributed by atoms with E-state index in [-0.39, 0.29) is 0 Å². The number of aromatic nitrogens is 1. The number of carbonyl (C=O) groups is 1. The molecule has 1 aromatic heterocycles. The van der Waals surface area contributed by atoms with Crippen molar-refractivity contribution in [2.45, 2.75) is 0 Å². The van der Waals surface area contributed by atoms with E-state index in [0.717, 1.165) is 28.2 Å². The van der Waals surface area contributed by atoms with Gasteiger partial charge in [-0.3, -0.25) is 9.78 Å². The molecule has 5 heteroatoms. The van der Waals surface area contributed by atoms with Gasteiger partial charge >= 0.3 is 0 Å². The molecule has 3 aromatic carbocycles. The minimum atomic E-state index is -0.479. The van der Waals surface area contributed by atoms with Crippen molar-refractivity contribution < 1.29 is 14.3 Å². The fraction of sp³-hybridized carbons (Fsp3) is 0. The topological polar surface area (TPSA) is 74.4 Å². The number of nitrogens with two attached hydrogens (primary N) is 1. The monoisotopic (exact) mass is 408 g/mol. The van der Waals surface area contributed by atoms with Crippen molar-refractivity contribution >= 4 is 12.0 Å². The predicted molar refractivity (Wildman–Crippen MR) is 121 cm³/mol. The van der Waals surface area contributed by atoms with Crippen molar-refractivity contribution in [2.24, 2.45) is 5.73 Å². The molecule has 31 heavy (non-hydrogen) atoms. The van der Waals surface area contributed by atoms with Crippen molar-refractivity contribution in [3.63, 3.8) is 0 Å². The summed E-state index contributed by atoms with van der Waals surface area (Å²) < 4.78 is 11.9. The van der Waals surface area contributed by atoms with Gasteiger partial charge in [0.15, 0.2) is 0 Å². The highest BCUT2D eigenvalue weighted by Crippen LogP contribution is 2.33. The third kappa shape index (κ3) is 5.36. The fourth-order valence-corrected chi connectivity index (χ4v) is 2.97. The average Bonchev–Trinajstić information content (AvgIpc) is 2.80. The predicted octanol–water partition coefficient (Wildman–Crippen LogP) is 5.83. The van der Waals surface area contributed by atoms with E-state index in [0.29, 0.717) is 11.5 Å². The molecule has 0 aliphatic carbocycles. The first-order valence-electron chi connectivity index (χ1n) is 9.70. The fourth-order valence-electron chi connectivity index (χ4n) is 2.97. The standard InChI is InChI=1S/C26H20N2O3/c27-26(29)15-8-19-6-9-20(10-7-19)24-18-28-17-16-25(24)31-23-13-11-22(12-14-23)30-21-4-2-1-3-5-21/h1-18H,(H2,27,29). The van der Waals surface area contributed by atoms with E-state index >= 15 is 0 Å². The smallest absolute Gasteiger partial charge is 0.241 e. The molecule has 1 heterocycles. The minimum Gasteiger partial charge on any atom is -0.457 e.